The SMILES string of the molecule is C[C@@H]1CN(CC(=O)Nc2cccc3ccccc23)C[C@@H](C)O1. The van der Waals surface area contributed by atoms with Crippen molar-refractivity contribution in [1.29, 1.82) is 0 Å². The van der Waals surface area contributed by atoms with E-state index in [1.807, 2.05) is 44.2 Å². The summed E-state index contributed by atoms with van der Waals surface area (Å²) in [6, 6.07) is 14.0. The van der Waals surface area contributed by atoms with E-state index < -0.39 is 0 Å². The van der Waals surface area contributed by atoms with Crippen molar-refractivity contribution in [1.82, 2.24) is 4.90 Å². The van der Waals surface area contributed by atoms with Crippen molar-refractivity contribution >= 4 is 22.4 Å². The van der Waals surface area contributed by atoms with Gasteiger partial charge in [-0.05, 0) is 25.3 Å². The number of carbonyl (C=O) groups is 1. The van der Waals surface area contributed by atoms with Crippen molar-refractivity contribution in [2.24, 2.45) is 0 Å². The van der Waals surface area contributed by atoms with E-state index in [1.165, 1.54) is 0 Å². The first kappa shape index (κ1) is 15.0. The van der Waals surface area contributed by atoms with Gasteiger partial charge in [-0.1, -0.05) is 36.4 Å². The van der Waals surface area contributed by atoms with Gasteiger partial charge in [-0.3, -0.25) is 9.69 Å². The number of morpholine rings is 1. The minimum Gasteiger partial charge on any atom is -0.373 e. The molecule has 2 atom stereocenters. The lowest BCUT2D eigenvalue weighted by Crippen LogP contribution is -2.48. The molecule has 0 radical (unpaired) electrons. The minimum absolute atomic E-state index is 0.0256. The molecule has 1 fully saturated rings. The van der Waals surface area contributed by atoms with E-state index >= 15 is 0 Å². The molecule has 0 aromatic heterocycles. The molecule has 1 heterocycles. The normalized spacial score (nSPS) is 22.6. The van der Waals surface area contributed by atoms with Crippen molar-refractivity contribution in [3.8, 4) is 0 Å². The van der Waals surface area contributed by atoms with Crippen LogP contribution < -0.4 is 5.32 Å². The predicted octanol–water partition coefficient (Wildman–Crippen LogP) is 2.89. The summed E-state index contributed by atoms with van der Waals surface area (Å²) in [4.78, 5) is 14.5. The fraction of sp³-hybridized carbons (Fsp3) is 0.389. The molecule has 0 saturated carbocycles. The maximum atomic E-state index is 12.3. The average molecular weight is 298 g/mol. The van der Waals surface area contributed by atoms with Gasteiger partial charge in [0.15, 0.2) is 0 Å². The Labute approximate surface area is 131 Å². The Hall–Kier alpha value is -1.91. The quantitative estimate of drug-likeness (QED) is 0.947. The Morgan fingerprint density at radius 3 is 2.59 bits per heavy atom. The number of nitrogens with one attached hydrogen (secondary N) is 1. The highest BCUT2D eigenvalue weighted by atomic mass is 16.5. The Bertz CT molecular complexity index is 656. The number of ether oxygens (including phenoxy) is 1. The second-order valence-electron chi connectivity index (χ2n) is 6.03. The number of nitrogens with zero attached hydrogens (tertiary/aromatic N) is 1. The lowest BCUT2D eigenvalue weighted by Gasteiger charge is -2.34. The van der Waals surface area contributed by atoms with Crippen LogP contribution in [-0.4, -0.2) is 42.6 Å². The van der Waals surface area contributed by atoms with E-state index in [0.29, 0.717) is 6.54 Å². The molecular weight excluding hydrogens is 276 g/mol. The lowest BCUT2D eigenvalue weighted by atomic mass is 10.1. The van der Waals surface area contributed by atoms with Gasteiger partial charge in [-0.25, -0.2) is 0 Å². The third kappa shape index (κ3) is 3.46. The zero-order chi connectivity index (χ0) is 15.5. The van der Waals surface area contributed by atoms with Gasteiger partial charge in [0.2, 0.25) is 5.91 Å². The standard InChI is InChI=1S/C18H22N2O2/c1-13-10-20(11-14(2)22-13)12-18(21)19-17-9-5-7-15-6-3-4-8-16(15)17/h3-9,13-14H,10-12H2,1-2H3,(H,19,21)/t13-,14-/m1/s1. The van der Waals surface area contributed by atoms with Crippen LogP contribution in [-0.2, 0) is 9.53 Å². The second-order valence-corrected chi connectivity index (χ2v) is 6.03. The van der Waals surface area contributed by atoms with E-state index in [1.54, 1.807) is 0 Å². The molecule has 0 bridgehead atoms. The molecule has 116 valence electrons. The highest BCUT2D eigenvalue weighted by Crippen LogP contribution is 2.23. The average Bonchev–Trinajstić information content (AvgIpc) is 2.46. The molecule has 4 nitrogen and oxygen atoms in total. The van der Waals surface area contributed by atoms with Gasteiger partial charge in [0, 0.05) is 24.2 Å². The van der Waals surface area contributed by atoms with Crippen LogP contribution in [0.25, 0.3) is 10.8 Å². The molecule has 2 aromatic rings. The number of amides is 1. The van der Waals surface area contributed by atoms with Crippen LogP contribution >= 0.6 is 0 Å². The number of rotatable bonds is 3. The summed E-state index contributed by atoms with van der Waals surface area (Å²) in [7, 11) is 0. The molecule has 1 amide bonds. The van der Waals surface area contributed by atoms with Crippen LogP contribution in [0.4, 0.5) is 5.69 Å². The largest absolute Gasteiger partial charge is 0.373 e. The maximum Gasteiger partial charge on any atom is 0.238 e. The summed E-state index contributed by atoms with van der Waals surface area (Å²) in [5, 5.41) is 5.25. The van der Waals surface area contributed by atoms with E-state index in [0.717, 1.165) is 29.5 Å². The summed E-state index contributed by atoms with van der Waals surface area (Å²) < 4.78 is 5.70. The van der Waals surface area contributed by atoms with Crippen molar-refractivity contribution in [3.63, 3.8) is 0 Å². The fourth-order valence-corrected chi connectivity index (χ4v) is 3.14. The molecule has 1 saturated heterocycles. The third-order valence-electron chi connectivity index (χ3n) is 3.93. The minimum atomic E-state index is 0.0256. The zero-order valence-corrected chi connectivity index (χ0v) is 13.1. The van der Waals surface area contributed by atoms with Gasteiger partial charge < -0.3 is 10.1 Å². The number of hydrogen-bond donors (Lipinski definition) is 1. The second kappa shape index (κ2) is 6.46. The van der Waals surface area contributed by atoms with Gasteiger partial charge in [-0.2, -0.15) is 0 Å². The Balaban J connectivity index is 1.68. The number of hydrogen-bond acceptors (Lipinski definition) is 3. The first-order valence-corrected chi connectivity index (χ1v) is 7.77. The Kier molecular flexibility index (Phi) is 4.41. The molecule has 0 aliphatic carbocycles. The maximum absolute atomic E-state index is 12.3. The van der Waals surface area contributed by atoms with Gasteiger partial charge >= 0.3 is 0 Å². The number of anilines is 1. The van der Waals surface area contributed by atoms with Gasteiger partial charge in [0.05, 0.1) is 18.8 Å². The molecule has 2 aromatic carbocycles. The van der Waals surface area contributed by atoms with Crippen LogP contribution in [0.3, 0.4) is 0 Å². The topological polar surface area (TPSA) is 41.6 Å². The number of benzene rings is 2. The Morgan fingerprint density at radius 1 is 1.14 bits per heavy atom. The molecular formula is C18H22N2O2. The fourth-order valence-electron chi connectivity index (χ4n) is 3.14. The van der Waals surface area contributed by atoms with Crippen molar-refractivity contribution < 1.29 is 9.53 Å². The smallest absolute Gasteiger partial charge is 0.238 e. The van der Waals surface area contributed by atoms with Crippen LogP contribution in [0.1, 0.15) is 13.8 Å². The number of fused-ring (bicyclic) bond motifs is 1. The summed E-state index contributed by atoms with van der Waals surface area (Å²) in [6.45, 7) is 6.10. The molecule has 22 heavy (non-hydrogen) atoms. The summed E-state index contributed by atoms with van der Waals surface area (Å²) in [5.41, 5.74) is 0.873. The molecule has 1 aliphatic rings. The van der Waals surface area contributed by atoms with E-state index in [4.69, 9.17) is 4.74 Å². The van der Waals surface area contributed by atoms with Crippen molar-refractivity contribution in [2.45, 2.75) is 26.1 Å². The van der Waals surface area contributed by atoms with Crippen molar-refractivity contribution in [2.75, 3.05) is 25.0 Å². The first-order chi connectivity index (χ1) is 10.6. The van der Waals surface area contributed by atoms with Crippen LogP contribution in [0.2, 0.25) is 0 Å². The van der Waals surface area contributed by atoms with Gasteiger partial charge in [-0.15, -0.1) is 0 Å². The summed E-state index contributed by atoms with van der Waals surface area (Å²) >= 11 is 0. The molecule has 1 aliphatic heterocycles. The predicted molar refractivity (Wildman–Crippen MR) is 89.0 cm³/mol. The van der Waals surface area contributed by atoms with Crippen LogP contribution in [0.15, 0.2) is 42.5 Å². The van der Waals surface area contributed by atoms with Crippen LogP contribution in [0, 0.1) is 0 Å². The lowest BCUT2D eigenvalue weighted by molar-refractivity contribution is -0.121. The highest BCUT2D eigenvalue weighted by molar-refractivity contribution is 6.02. The highest BCUT2D eigenvalue weighted by Gasteiger charge is 2.23. The number of carbonyl (C=O) groups excluding carboxylic acids is 1. The molecule has 1 N–H and O–H groups in total. The van der Waals surface area contributed by atoms with Crippen LogP contribution in [0.5, 0.6) is 0 Å². The zero-order valence-electron chi connectivity index (χ0n) is 13.1. The van der Waals surface area contributed by atoms with Gasteiger partial charge in [0.1, 0.15) is 0 Å². The summed E-state index contributed by atoms with van der Waals surface area (Å²) in [6.07, 6.45) is 0.350. The summed E-state index contributed by atoms with van der Waals surface area (Å²) in [5.74, 6) is 0.0256. The van der Waals surface area contributed by atoms with Crippen molar-refractivity contribution in [3.05, 3.63) is 42.5 Å². The van der Waals surface area contributed by atoms with E-state index in [9.17, 15) is 4.79 Å². The first-order valence-electron chi connectivity index (χ1n) is 7.77. The van der Waals surface area contributed by atoms with Gasteiger partial charge in [0.25, 0.3) is 0 Å². The monoisotopic (exact) mass is 298 g/mol. The third-order valence-corrected chi connectivity index (χ3v) is 3.93. The van der Waals surface area contributed by atoms with E-state index in [-0.39, 0.29) is 18.1 Å². The van der Waals surface area contributed by atoms with E-state index in [2.05, 4.69) is 22.3 Å². The molecule has 0 unspecified atom stereocenters. The Morgan fingerprint density at radius 2 is 1.82 bits per heavy atom. The molecule has 4 heteroatoms. The molecule has 3 rings (SSSR count). The molecule has 0 spiro atoms.